The van der Waals surface area contributed by atoms with Gasteiger partial charge in [0.1, 0.15) is 0 Å². The molecule has 1 aromatic rings. The zero-order valence-corrected chi connectivity index (χ0v) is 9.87. The van der Waals surface area contributed by atoms with E-state index in [1.165, 1.54) is 0 Å². The largest absolute Gasteiger partial charge is 0.293 e. The number of ketones is 1. The SMILES string of the molecule is Cc1cc(C(=O)CCl)c(C)cc1Br. The van der Waals surface area contributed by atoms with Gasteiger partial charge in [-0.15, -0.1) is 11.6 Å². The van der Waals surface area contributed by atoms with Crippen molar-refractivity contribution in [2.75, 3.05) is 5.88 Å². The van der Waals surface area contributed by atoms with Gasteiger partial charge < -0.3 is 0 Å². The van der Waals surface area contributed by atoms with Crippen LogP contribution in [-0.4, -0.2) is 11.7 Å². The fourth-order valence-corrected chi connectivity index (χ4v) is 1.76. The van der Waals surface area contributed by atoms with Crippen molar-refractivity contribution in [1.29, 1.82) is 0 Å². The maximum absolute atomic E-state index is 11.4. The molecule has 1 nitrogen and oxygen atoms in total. The quantitative estimate of drug-likeness (QED) is 0.588. The summed E-state index contributed by atoms with van der Waals surface area (Å²) in [6, 6.07) is 3.80. The molecule has 3 heteroatoms. The van der Waals surface area contributed by atoms with Crippen LogP contribution in [0.25, 0.3) is 0 Å². The molecule has 0 aliphatic heterocycles. The first-order valence-corrected chi connectivity index (χ1v) is 5.25. The van der Waals surface area contributed by atoms with E-state index in [0.717, 1.165) is 21.2 Å². The zero-order chi connectivity index (χ0) is 10.0. The fraction of sp³-hybridized carbons (Fsp3) is 0.300. The van der Waals surface area contributed by atoms with Gasteiger partial charge in [0.25, 0.3) is 0 Å². The van der Waals surface area contributed by atoms with E-state index < -0.39 is 0 Å². The van der Waals surface area contributed by atoms with E-state index in [0.29, 0.717) is 0 Å². The van der Waals surface area contributed by atoms with Gasteiger partial charge in [0.2, 0.25) is 0 Å². The van der Waals surface area contributed by atoms with Gasteiger partial charge in [-0.2, -0.15) is 0 Å². The predicted molar refractivity (Wildman–Crippen MR) is 58.7 cm³/mol. The highest BCUT2D eigenvalue weighted by Gasteiger charge is 2.09. The number of hydrogen-bond donors (Lipinski definition) is 0. The summed E-state index contributed by atoms with van der Waals surface area (Å²) in [5, 5.41) is 0. The van der Waals surface area contributed by atoms with Gasteiger partial charge in [0.05, 0.1) is 5.88 Å². The van der Waals surface area contributed by atoms with Crippen LogP contribution >= 0.6 is 27.5 Å². The molecule has 1 aromatic carbocycles. The molecule has 0 spiro atoms. The number of carbonyl (C=O) groups is 1. The second-order valence-electron chi connectivity index (χ2n) is 2.97. The molecule has 0 aliphatic rings. The summed E-state index contributed by atoms with van der Waals surface area (Å²) < 4.78 is 1.02. The molecule has 0 radical (unpaired) electrons. The first kappa shape index (κ1) is 10.7. The second kappa shape index (κ2) is 4.25. The molecule has 0 heterocycles. The summed E-state index contributed by atoms with van der Waals surface area (Å²) in [5.74, 6) is 0.0248. The van der Waals surface area contributed by atoms with Gasteiger partial charge in [-0.1, -0.05) is 15.9 Å². The van der Waals surface area contributed by atoms with E-state index in [4.69, 9.17) is 11.6 Å². The highest BCUT2D eigenvalue weighted by Crippen LogP contribution is 2.21. The molecule has 0 N–H and O–H groups in total. The smallest absolute Gasteiger partial charge is 0.177 e. The summed E-state index contributed by atoms with van der Waals surface area (Å²) in [4.78, 5) is 11.4. The molecule has 0 aliphatic carbocycles. The Morgan fingerprint density at radius 1 is 1.38 bits per heavy atom. The Morgan fingerprint density at radius 3 is 2.54 bits per heavy atom. The number of hydrogen-bond acceptors (Lipinski definition) is 1. The van der Waals surface area contributed by atoms with E-state index in [-0.39, 0.29) is 11.7 Å². The van der Waals surface area contributed by atoms with Gasteiger partial charge in [-0.25, -0.2) is 0 Å². The van der Waals surface area contributed by atoms with Crippen LogP contribution in [0.2, 0.25) is 0 Å². The third-order valence-corrected chi connectivity index (χ3v) is 3.02. The number of alkyl halides is 1. The van der Waals surface area contributed by atoms with Crippen molar-refractivity contribution < 1.29 is 4.79 Å². The summed E-state index contributed by atoms with van der Waals surface area (Å²) >= 11 is 8.90. The Labute approximate surface area is 91.2 Å². The van der Waals surface area contributed by atoms with Crippen molar-refractivity contribution in [3.8, 4) is 0 Å². The Balaban J connectivity index is 3.23. The summed E-state index contributed by atoms with van der Waals surface area (Å²) in [6.07, 6.45) is 0. The molecule has 0 saturated carbocycles. The van der Waals surface area contributed by atoms with Crippen LogP contribution in [0.1, 0.15) is 21.5 Å². The molecule has 0 amide bonds. The van der Waals surface area contributed by atoms with Crippen molar-refractivity contribution in [3.05, 3.63) is 33.3 Å². The lowest BCUT2D eigenvalue weighted by Gasteiger charge is -2.06. The van der Waals surface area contributed by atoms with Crippen LogP contribution in [-0.2, 0) is 0 Å². The first-order valence-electron chi connectivity index (χ1n) is 3.92. The molecule has 0 atom stereocenters. The number of halogens is 2. The predicted octanol–water partition coefficient (Wildman–Crippen LogP) is 3.49. The third kappa shape index (κ3) is 2.32. The molecule has 13 heavy (non-hydrogen) atoms. The highest BCUT2D eigenvalue weighted by molar-refractivity contribution is 9.10. The van der Waals surface area contributed by atoms with Crippen LogP contribution in [0.4, 0.5) is 0 Å². The molecule has 0 bridgehead atoms. The number of aryl methyl sites for hydroxylation is 2. The Hall–Kier alpha value is -0.340. The summed E-state index contributed by atoms with van der Waals surface area (Å²) in [7, 11) is 0. The molecule has 0 saturated heterocycles. The Kier molecular flexibility index (Phi) is 3.51. The van der Waals surface area contributed by atoms with E-state index in [1.54, 1.807) is 0 Å². The highest BCUT2D eigenvalue weighted by atomic mass is 79.9. The van der Waals surface area contributed by atoms with Gasteiger partial charge in [0, 0.05) is 10.0 Å². The molecule has 0 aromatic heterocycles. The van der Waals surface area contributed by atoms with E-state index in [2.05, 4.69) is 15.9 Å². The average molecular weight is 262 g/mol. The lowest BCUT2D eigenvalue weighted by atomic mass is 10.0. The molecular formula is C10H10BrClO. The van der Waals surface area contributed by atoms with Crippen molar-refractivity contribution >= 4 is 33.3 Å². The van der Waals surface area contributed by atoms with Crippen LogP contribution in [0.3, 0.4) is 0 Å². The van der Waals surface area contributed by atoms with Crippen LogP contribution in [0, 0.1) is 13.8 Å². The first-order chi connectivity index (χ1) is 6.06. The lowest BCUT2D eigenvalue weighted by molar-refractivity contribution is 0.102. The molecule has 0 unspecified atom stereocenters. The summed E-state index contributed by atoms with van der Waals surface area (Å²) in [5.41, 5.74) is 2.73. The minimum Gasteiger partial charge on any atom is -0.293 e. The number of Topliss-reactive ketones (excluding diaryl/α,β-unsaturated/α-hetero) is 1. The van der Waals surface area contributed by atoms with E-state index >= 15 is 0 Å². The molecular weight excluding hydrogens is 251 g/mol. The topological polar surface area (TPSA) is 17.1 Å². The van der Waals surface area contributed by atoms with Crippen molar-refractivity contribution in [2.24, 2.45) is 0 Å². The van der Waals surface area contributed by atoms with E-state index in [1.807, 2.05) is 26.0 Å². The lowest BCUT2D eigenvalue weighted by Crippen LogP contribution is -2.03. The van der Waals surface area contributed by atoms with Crippen molar-refractivity contribution in [2.45, 2.75) is 13.8 Å². The van der Waals surface area contributed by atoms with Gasteiger partial charge >= 0.3 is 0 Å². The van der Waals surface area contributed by atoms with Crippen LogP contribution < -0.4 is 0 Å². The number of rotatable bonds is 2. The van der Waals surface area contributed by atoms with Gasteiger partial charge in [0.15, 0.2) is 5.78 Å². The zero-order valence-electron chi connectivity index (χ0n) is 7.53. The summed E-state index contributed by atoms with van der Waals surface area (Å²) in [6.45, 7) is 3.86. The van der Waals surface area contributed by atoms with Crippen LogP contribution in [0.15, 0.2) is 16.6 Å². The van der Waals surface area contributed by atoms with Gasteiger partial charge in [-0.05, 0) is 37.1 Å². The Morgan fingerprint density at radius 2 is 2.00 bits per heavy atom. The fourth-order valence-electron chi connectivity index (χ4n) is 1.15. The average Bonchev–Trinajstić information content (AvgIpc) is 2.10. The monoisotopic (exact) mass is 260 g/mol. The minimum atomic E-state index is -0.0187. The number of carbonyl (C=O) groups excluding carboxylic acids is 1. The maximum atomic E-state index is 11.4. The third-order valence-electron chi connectivity index (χ3n) is 1.93. The standard InChI is InChI=1S/C10H10BrClO/c1-6-4-9(11)7(2)3-8(6)10(13)5-12/h3-4H,5H2,1-2H3. The molecule has 70 valence electrons. The molecule has 0 fully saturated rings. The maximum Gasteiger partial charge on any atom is 0.177 e. The molecule has 1 rings (SSSR count). The van der Waals surface area contributed by atoms with Crippen LogP contribution in [0.5, 0.6) is 0 Å². The van der Waals surface area contributed by atoms with Gasteiger partial charge in [-0.3, -0.25) is 4.79 Å². The van der Waals surface area contributed by atoms with Crippen molar-refractivity contribution in [1.82, 2.24) is 0 Å². The number of benzene rings is 1. The normalized spacial score (nSPS) is 10.2. The van der Waals surface area contributed by atoms with E-state index in [9.17, 15) is 4.79 Å². The van der Waals surface area contributed by atoms with Crippen molar-refractivity contribution in [3.63, 3.8) is 0 Å². The second-order valence-corrected chi connectivity index (χ2v) is 4.09. The minimum absolute atomic E-state index is 0.0187. The Bertz CT molecular complexity index is 347.